The molecule has 3 nitrogen and oxygen atoms in total. The van der Waals surface area contributed by atoms with Crippen molar-refractivity contribution >= 4 is 18.5 Å². The zero-order valence-corrected chi connectivity index (χ0v) is 4.87. The molecule has 1 unspecified atom stereocenters. The van der Waals surface area contributed by atoms with Gasteiger partial charge in [0.05, 0.1) is 0 Å². The molecule has 0 amide bonds. The molecule has 0 saturated heterocycles. The second-order valence-electron chi connectivity index (χ2n) is 1.36. The summed E-state index contributed by atoms with van der Waals surface area (Å²) < 4.78 is 0. The van der Waals surface area contributed by atoms with Crippen LogP contribution < -0.4 is 10.9 Å². The molecule has 0 aromatic carbocycles. The third-order valence-electron chi connectivity index (χ3n) is 0.698. The fraction of sp³-hybridized carbons (Fsp3) is 0.667. The highest BCUT2D eigenvalue weighted by Gasteiger charge is 2.04. The number of nitrogens with zero attached hydrogens (tertiary/aromatic N) is 1. The molecule has 4 heteroatoms. The van der Waals surface area contributed by atoms with Gasteiger partial charge in [-0.25, -0.2) is 10.4 Å². The zero-order chi connectivity index (χ0) is 5.28. The maximum atomic E-state index is 3.99. The van der Waals surface area contributed by atoms with Gasteiger partial charge >= 0.3 is 0 Å². The number of hydrogen-bond donors (Lipinski definition) is 3. The molecule has 1 rings (SSSR count). The van der Waals surface area contributed by atoms with E-state index in [0.29, 0.717) is 0 Å². The van der Waals surface area contributed by atoms with Crippen molar-refractivity contribution in [3.63, 3.8) is 0 Å². The largest absolute Gasteiger partial charge is 0.307 e. The molecule has 0 saturated carbocycles. The molecular weight excluding hydrogens is 110 g/mol. The molecule has 1 atom stereocenters. The van der Waals surface area contributed by atoms with Gasteiger partial charge in [-0.05, 0) is 6.92 Å². The quantitative estimate of drug-likeness (QED) is 0.382. The molecule has 1 heterocycles. The van der Waals surface area contributed by atoms with Crippen molar-refractivity contribution in [1.29, 1.82) is 0 Å². The van der Waals surface area contributed by atoms with Crippen molar-refractivity contribution in [3.8, 4) is 0 Å². The van der Waals surface area contributed by atoms with Gasteiger partial charge in [-0.3, -0.25) is 0 Å². The number of nitrogens with one attached hydrogen (secondary N) is 2. The minimum absolute atomic E-state index is 0.0556. The van der Waals surface area contributed by atoms with E-state index in [4.69, 9.17) is 0 Å². The van der Waals surface area contributed by atoms with Crippen LogP contribution in [0.1, 0.15) is 6.92 Å². The highest BCUT2D eigenvalue weighted by Crippen LogP contribution is 1.94. The van der Waals surface area contributed by atoms with Gasteiger partial charge in [-0.1, -0.05) is 0 Å². The highest BCUT2D eigenvalue weighted by molar-refractivity contribution is 7.80. The lowest BCUT2D eigenvalue weighted by Gasteiger charge is -1.94. The molecule has 40 valence electrons. The van der Waals surface area contributed by atoms with Gasteiger partial charge < -0.3 is 5.43 Å². The zero-order valence-electron chi connectivity index (χ0n) is 3.97. The van der Waals surface area contributed by atoms with E-state index in [2.05, 4.69) is 28.5 Å². The summed E-state index contributed by atoms with van der Waals surface area (Å²) in [5, 5.41) is 0. The molecule has 1 aliphatic heterocycles. The molecule has 0 fully saturated rings. The van der Waals surface area contributed by atoms with Crippen molar-refractivity contribution in [1.82, 2.24) is 10.9 Å². The summed E-state index contributed by atoms with van der Waals surface area (Å²) in [4.78, 5) is 3.95. The molecular formula is C3H7N3S. The van der Waals surface area contributed by atoms with E-state index in [1.807, 2.05) is 6.92 Å². The Bertz CT molecular complexity index is 100. The number of thiol groups is 1. The second-order valence-corrected chi connectivity index (χ2v) is 1.85. The summed E-state index contributed by atoms with van der Waals surface area (Å²) in [5.41, 5.74) is 5.52. The van der Waals surface area contributed by atoms with E-state index in [0.717, 1.165) is 5.84 Å². The summed E-state index contributed by atoms with van der Waals surface area (Å²) in [7, 11) is 0. The minimum atomic E-state index is -0.0556. The lowest BCUT2D eigenvalue weighted by atomic mass is 10.7. The van der Waals surface area contributed by atoms with Crippen LogP contribution in [0, 0.1) is 0 Å². The first-order valence-electron chi connectivity index (χ1n) is 2.03. The van der Waals surface area contributed by atoms with Crippen LogP contribution in [0.2, 0.25) is 0 Å². The van der Waals surface area contributed by atoms with Gasteiger partial charge in [-0.15, -0.1) is 12.6 Å². The van der Waals surface area contributed by atoms with Gasteiger partial charge in [0, 0.05) is 0 Å². The van der Waals surface area contributed by atoms with Crippen molar-refractivity contribution < 1.29 is 0 Å². The predicted octanol–water partition coefficient (Wildman–Crippen LogP) is -0.274. The van der Waals surface area contributed by atoms with Crippen molar-refractivity contribution in [2.75, 3.05) is 0 Å². The monoisotopic (exact) mass is 117 g/mol. The number of rotatable bonds is 0. The predicted molar refractivity (Wildman–Crippen MR) is 32.2 cm³/mol. The molecule has 0 aromatic rings. The van der Waals surface area contributed by atoms with Crippen LogP contribution in [0.3, 0.4) is 0 Å². The smallest absolute Gasteiger partial charge is 0.162 e. The lowest BCUT2D eigenvalue weighted by molar-refractivity contribution is 0.691. The Morgan fingerprint density at radius 1 is 1.86 bits per heavy atom. The number of amidine groups is 1. The average molecular weight is 117 g/mol. The lowest BCUT2D eigenvalue weighted by Crippen LogP contribution is -2.31. The van der Waals surface area contributed by atoms with E-state index in [9.17, 15) is 0 Å². The minimum Gasteiger partial charge on any atom is -0.307 e. The maximum Gasteiger partial charge on any atom is 0.162 e. The van der Waals surface area contributed by atoms with Crippen molar-refractivity contribution in [2.45, 2.75) is 12.4 Å². The van der Waals surface area contributed by atoms with Crippen LogP contribution in [0.4, 0.5) is 0 Å². The second kappa shape index (κ2) is 1.71. The Labute approximate surface area is 47.6 Å². The summed E-state index contributed by atoms with van der Waals surface area (Å²) in [5.74, 6) is 0.889. The van der Waals surface area contributed by atoms with Gasteiger partial charge in [-0.2, -0.15) is 0 Å². The van der Waals surface area contributed by atoms with Crippen molar-refractivity contribution in [3.05, 3.63) is 0 Å². The molecule has 1 aliphatic rings. The molecule has 0 bridgehead atoms. The Balaban J connectivity index is 2.50. The fourth-order valence-electron chi connectivity index (χ4n) is 0.417. The van der Waals surface area contributed by atoms with Gasteiger partial charge in [0.15, 0.2) is 5.50 Å². The van der Waals surface area contributed by atoms with Gasteiger partial charge in [0.2, 0.25) is 0 Å². The van der Waals surface area contributed by atoms with E-state index < -0.39 is 0 Å². The van der Waals surface area contributed by atoms with Crippen LogP contribution in [0.15, 0.2) is 4.99 Å². The first kappa shape index (κ1) is 4.93. The normalized spacial score (nSPS) is 29.4. The SMILES string of the molecule is CC1=NC(S)NN1. The molecule has 7 heavy (non-hydrogen) atoms. The van der Waals surface area contributed by atoms with Gasteiger partial charge in [0.25, 0.3) is 0 Å². The number of aliphatic imine (C=N–C) groups is 1. The average Bonchev–Trinajstić information content (AvgIpc) is 1.87. The molecule has 2 N–H and O–H groups in total. The van der Waals surface area contributed by atoms with Crippen LogP contribution in [0.5, 0.6) is 0 Å². The molecule has 0 aliphatic carbocycles. The molecule has 0 radical (unpaired) electrons. The van der Waals surface area contributed by atoms with E-state index >= 15 is 0 Å². The fourth-order valence-corrected chi connectivity index (χ4v) is 0.655. The number of hydrazine groups is 1. The first-order valence-corrected chi connectivity index (χ1v) is 2.55. The summed E-state index contributed by atoms with van der Waals surface area (Å²) >= 11 is 3.99. The summed E-state index contributed by atoms with van der Waals surface area (Å²) in [6.07, 6.45) is 0. The highest BCUT2D eigenvalue weighted by atomic mass is 32.1. The summed E-state index contributed by atoms with van der Waals surface area (Å²) in [6, 6.07) is 0. The van der Waals surface area contributed by atoms with Crippen molar-refractivity contribution in [2.24, 2.45) is 4.99 Å². The topological polar surface area (TPSA) is 36.4 Å². The first-order chi connectivity index (χ1) is 3.29. The Kier molecular flexibility index (Phi) is 1.21. The molecule has 0 aromatic heterocycles. The van der Waals surface area contributed by atoms with Crippen LogP contribution in [0.25, 0.3) is 0 Å². The summed E-state index contributed by atoms with van der Waals surface area (Å²) in [6.45, 7) is 1.88. The van der Waals surface area contributed by atoms with Gasteiger partial charge in [0.1, 0.15) is 5.84 Å². The Hall–Kier alpha value is -0.220. The number of hydrogen-bond acceptors (Lipinski definition) is 4. The maximum absolute atomic E-state index is 3.99. The molecule has 0 spiro atoms. The van der Waals surface area contributed by atoms with E-state index in [-0.39, 0.29) is 5.50 Å². The third kappa shape index (κ3) is 1.07. The Morgan fingerprint density at radius 3 is 2.71 bits per heavy atom. The Morgan fingerprint density at radius 2 is 2.57 bits per heavy atom. The van der Waals surface area contributed by atoms with E-state index in [1.165, 1.54) is 0 Å². The standard InChI is InChI=1S/C3H7N3S/c1-2-4-3(7)6-5-2/h3,6-7H,1H3,(H,4,5). The van der Waals surface area contributed by atoms with E-state index in [1.54, 1.807) is 0 Å². The van der Waals surface area contributed by atoms with Crippen LogP contribution in [-0.2, 0) is 0 Å². The van der Waals surface area contributed by atoms with Crippen LogP contribution in [-0.4, -0.2) is 11.3 Å². The van der Waals surface area contributed by atoms with Crippen LogP contribution >= 0.6 is 12.6 Å². The third-order valence-corrected chi connectivity index (χ3v) is 0.943.